The Balaban J connectivity index is 2.11. The van der Waals surface area contributed by atoms with Crippen LogP contribution in [0.25, 0.3) is 0 Å². The number of hydrogen-bond donors (Lipinski definition) is 0. The van der Waals surface area contributed by atoms with Crippen LogP contribution >= 0.6 is 7.80 Å². The number of hydrogen-bond acceptors (Lipinski definition) is 6. The van der Waals surface area contributed by atoms with Gasteiger partial charge in [-0.2, -0.15) is 0 Å². The van der Waals surface area contributed by atoms with E-state index in [4.69, 9.17) is 14.2 Å². The molecule has 0 aromatic heterocycles. The first-order valence-corrected chi connectivity index (χ1v) is 11.5. The van der Waals surface area contributed by atoms with E-state index in [0.717, 1.165) is 24.0 Å². The highest BCUT2D eigenvalue weighted by molar-refractivity contribution is 7.67. The van der Waals surface area contributed by atoms with Gasteiger partial charge in [0, 0.05) is 30.5 Å². The fourth-order valence-electron chi connectivity index (χ4n) is 4.40. The maximum Gasteiger partial charge on any atom is 0.434 e. The molecule has 0 radical (unpaired) electrons. The van der Waals surface area contributed by atoms with Crippen LogP contribution in [-0.4, -0.2) is 37.8 Å². The predicted molar refractivity (Wildman–Crippen MR) is 119 cm³/mol. The van der Waals surface area contributed by atoms with Gasteiger partial charge >= 0.3 is 13.3 Å². The van der Waals surface area contributed by atoms with Crippen molar-refractivity contribution in [1.82, 2.24) is 0 Å². The maximum atomic E-state index is 13.8. The van der Waals surface area contributed by atoms with Crippen molar-refractivity contribution in [3.05, 3.63) is 52.6 Å². The van der Waals surface area contributed by atoms with Crippen LogP contribution in [0.3, 0.4) is 0 Å². The summed E-state index contributed by atoms with van der Waals surface area (Å²) in [5, 5.41) is -1.22. The van der Waals surface area contributed by atoms with Crippen molar-refractivity contribution in [2.45, 2.75) is 44.7 Å². The lowest BCUT2D eigenvalue weighted by molar-refractivity contribution is 0.0929. The van der Waals surface area contributed by atoms with Gasteiger partial charge in [-0.3, -0.25) is 4.79 Å². The molecule has 164 valence electrons. The quantitative estimate of drug-likeness (QED) is 0.396. The summed E-state index contributed by atoms with van der Waals surface area (Å²) in [5.74, 6) is 0.651. The highest BCUT2D eigenvalue weighted by Gasteiger charge is 2.62. The summed E-state index contributed by atoms with van der Waals surface area (Å²) in [7, 11) is 1.75. The lowest BCUT2D eigenvalue weighted by atomic mass is 9.89. The Kier molecular flexibility index (Phi) is 6.80. The number of ketones is 1. The fourth-order valence-corrected chi connectivity index (χ4v) is 6.23. The average Bonchev–Trinajstić information content (AvgIpc) is 3.28. The van der Waals surface area contributed by atoms with Crippen LogP contribution in [0.15, 0.2) is 30.3 Å². The zero-order chi connectivity index (χ0) is 22.8. The Morgan fingerprint density at radius 3 is 1.84 bits per heavy atom. The maximum absolute atomic E-state index is 13.8. The van der Waals surface area contributed by atoms with Gasteiger partial charge in [0.05, 0.1) is 21.3 Å². The number of Topliss-reactive ketones (excluding diaryl/α,β-unsaturated/α-hetero) is 1. The van der Waals surface area contributed by atoms with Crippen molar-refractivity contribution in [3.63, 3.8) is 0 Å². The van der Waals surface area contributed by atoms with Gasteiger partial charge in [0.15, 0.2) is 5.56 Å². The molecule has 1 saturated carbocycles. The van der Waals surface area contributed by atoms with E-state index in [1.807, 2.05) is 32.0 Å². The van der Waals surface area contributed by atoms with Crippen LogP contribution in [-0.2, 0) is 4.57 Å². The zero-order valence-corrected chi connectivity index (χ0v) is 19.5. The SMILES string of the molecule is COc1cc(OC)c(C(=O)[P+](=O)C2(C(=O)c3c(C)cccc3C)CCCC2)c(OC)c1. The Bertz CT molecular complexity index is 991. The summed E-state index contributed by atoms with van der Waals surface area (Å²) in [6, 6.07) is 8.72. The number of rotatable bonds is 8. The van der Waals surface area contributed by atoms with Crippen molar-refractivity contribution >= 4 is 19.1 Å². The van der Waals surface area contributed by atoms with Gasteiger partial charge in [0.1, 0.15) is 17.2 Å². The molecule has 7 heteroatoms. The topological polar surface area (TPSA) is 78.9 Å². The molecule has 0 amide bonds. The molecule has 6 nitrogen and oxygen atoms in total. The molecule has 1 aliphatic rings. The lowest BCUT2D eigenvalue weighted by Gasteiger charge is -2.19. The summed E-state index contributed by atoms with van der Waals surface area (Å²) >= 11 is 0. The summed E-state index contributed by atoms with van der Waals surface area (Å²) in [5.41, 5.74) is 1.66. The molecule has 1 atom stereocenters. The Labute approximate surface area is 183 Å². The molecule has 3 rings (SSSR count). The monoisotopic (exact) mass is 443 g/mol. The van der Waals surface area contributed by atoms with Crippen LogP contribution in [0.4, 0.5) is 0 Å². The smallest absolute Gasteiger partial charge is 0.434 e. The third-order valence-corrected chi connectivity index (χ3v) is 8.08. The largest absolute Gasteiger partial charge is 0.496 e. The van der Waals surface area contributed by atoms with E-state index in [1.165, 1.54) is 21.3 Å². The van der Waals surface area contributed by atoms with Crippen LogP contribution in [0.2, 0.25) is 0 Å². The average molecular weight is 443 g/mol. The lowest BCUT2D eigenvalue weighted by Crippen LogP contribution is -2.34. The first-order chi connectivity index (χ1) is 14.8. The molecule has 0 bridgehead atoms. The minimum Gasteiger partial charge on any atom is -0.496 e. The molecule has 0 heterocycles. The van der Waals surface area contributed by atoms with Gasteiger partial charge < -0.3 is 14.2 Å². The molecular weight excluding hydrogens is 415 g/mol. The number of carbonyl (C=O) groups excluding carboxylic acids is 2. The van der Waals surface area contributed by atoms with Gasteiger partial charge in [-0.15, -0.1) is 0 Å². The van der Waals surface area contributed by atoms with Crippen molar-refractivity contribution in [1.29, 1.82) is 0 Å². The van der Waals surface area contributed by atoms with Crippen molar-refractivity contribution in [2.24, 2.45) is 0 Å². The van der Waals surface area contributed by atoms with E-state index in [2.05, 4.69) is 0 Å². The molecular formula is C24H28O6P+. The molecule has 0 N–H and O–H groups in total. The first-order valence-electron chi connectivity index (χ1n) is 10.2. The van der Waals surface area contributed by atoms with E-state index in [1.54, 1.807) is 12.1 Å². The highest BCUT2D eigenvalue weighted by Crippen LogP contribution is 2.56. The van der Waals surface area contributed by atoms with Gasteiger partial charge in [0.2, 0.25) is 10.9 Å². The van der Waals surface area contributed by atoms with E-state index in [9.17, 15) is 14.2 Å². The molecule has 31 heavy (non-hydrogen) atoms. The van der Waals surface area contributed by atoms with E-state index < -0.39 is 18.5 Å². The van der Waals surface area contributed by atoms with Crippen LogP contribution in [0.1, 0.15) is 57.5 Å². The Hall–Kier alpha value is -2.72. The Morgan fingerprint density at radius 1 is 0.871 bits per heavy atom. The van der Waals surface area contributed by atoms with Crippen LogP contribution in [0, 0.1) is 13.8 Å². The van der Waals surface area contributed by atoms with E-state index in [-0.39, 0.29) is 22.8 Å². The fraction of sp³-hybridized carbons (Fsp3) is 0.417. The second-order valence-electron chi connectivity index (χ2n) is 7.84. The molecule has 2 aromatic rings. The molecule has 1 fully saturated rings. The predicted octanol–water partition coefficient (Wildman–Crippen LogP) is 5.49. The second-order valence-corrected chi connectivity index (χ2v) is 9.69. The number of methoxy groups -OCH3 is 3. The molecule has 0 aliphatic heterocycles. The molecule has 0 spiro atoms. The summed E-state index contributed by atoms with van der Waals surface area (Å²) in [6.07, 6.45) is 2.34. The van der Waals surface area contributed by atoms with Gasteiger partial charge in [-0.05, 0) is 37.8 Å². The number of benzene rings is 2. The normalized spacial score (nSPS) is 15.3. The van der Waals surface area contributed by atoms with Crippen molar-refractivity contribution < 1.29 is 28.4 Å². The van der Waals surface area contributed by atoms with Crippen LogP contribution < -0.4 is 14.2 Å². The first kappa shape index (κ1) is 23.0. The third-order valence-electron chi connectivity index (χ3n) is 6.06. The standard InChI is InChI=1S/C24H28O6P/c1-15-9-8-10-16(2)20(15)22(25)24(11-6-7-12-24)31(27)23(26)21-18(29-4)13-17(28-3)14-19(21)30-5/h8-10,13-14H,6-7,11-12H2,1-5H3/q+1. The summed E-state index contributed by atoms with van der Waals surface area (Å²) in [6.45, 7) is 3.74. The minimum absolute atomic E-state index is 0.0764. The van der Waals surface area contributed by atoms with Gasteiger partial charge in [-0.25, -0.2) is 4.79 Å². The highest BCUT2D eigenvalue weighted by atomic mass is 31.1. The van der Waals surface area contributed by atoms with Gasteiger partial charge in [0.25, 0.3) is 0 Å². The van der Waals surface area contributed by atoms with Crippen molar-refractivity contribution in [3.8, 4) is 17.2 Å². The summed E-state index contributed by atoms with van der Waals surface area (Å²) in [4.78, 5) is 27.3. The second kappa shape index (κ2) is 9.19. The number of carbonyl (C=O) groups is 2. The number of aryl methyl sites for hydroxylation is 2. The van der Waals surface area contributed by atoms with Crippen molar-refractivity contribution in [2.75, 3.05) is 21.3 Å². The zero-order valence-electron chi connectivity index (χ0n) is 18.6. The minimum atomic E-state index is -2.59. The number of ether oxygens (including phenoxy) is 3. The van der Waals surface area contributed by atoms with Gasteiger partial charge in [-0.1, -0.05) is 22.8 Å². The van der Waals surface area contributed by atoms with E-state index in [0.29, 0.717) is 24.2 Å². The summed E-state index contributed by atoms with van der Waals surface area (Å²) < 4.78 is 29.8. The van der Waals surface area contributed by atoms with E-state index >= 15 is 0 Å². The molecule has 1 unspecified atom stereocenters. The molecule has 0 saturated heterocycles. The third kappa shape index (κ3) is 3.97. The molecule has 1 aliphatic carbocycles. The molecule has 2 aromatic carbocycles. The Morgan fingerprint density at radius 2 is 1.39 bits per heavy atom. The van der Waals surface area contributed by atoms with Crippen LogP contribution in [0.5, 0.6) is 17.2 Å².